The van der Waals surface area contributed by atoms with Gasteiger partial charge in [0.25, 0.3) is 5.69 Å². The van der Waals surface area contributed by atoms with Crippen molar-refractivity contribution in [1.29, 1.82) is 0 Å². The molecule has 138 valence electrons. The van der Waals surface area contributed by atoms with Crippen LogP contribution >= 0.6 is 0 Å². The standard InChI is InChI=1S/C15H22N4O5S/c1-11(16)7-8-17-15(20)14-6-3-9-18(14)25(23,24)13-5-2-4-12(10-13)19(21)22/h2,4-5,10-11,14H,3,6-9,16H2,1H3,(H,17,20). The number of benzene rings is 1. The van der Waals surface area contributed by atoms with Gasteiger partial charge in [0, 0.05) is 31.3 Å². The molecule has 10 heteroatoms. The number of hydrogen-bond acceptors (Lipinski definition) is 6. The second kappa shape index (κ2) is 7.89. The van der Waals surface area contributed by atoms with E-state index >= 15 is 0 Å². The molecule has 1 heterocycles. The lowest BCUT2D eigenvalue weighted by molar-refractivity contribution is -0.385. The van der Waals surface area contributed by atoms with E-state index in [-0.39, 0.29) is 29.1 Å². The molecule has 0 aromatic heterocycles. The van der Waals surface area contributed by atoms with Crippen LogP contribution in [0.5, 0.6) is 0 Å². The van der Waals surface area contributed by atoms with E-state index in [4.69, 9.17) is 5.73 Å². The molecular weight excluding hydrogens is 348 g/mol. The Morgan fingerprint density at radius 2 is 2.24 bits per heavy atom. The smallest absolute Gasteiger partial charge is 0.270 e. The third-order valence-electron chi connectivity index (χ3n) is 4.04. The van der Waals surface area contributed by atoms with Crippen molar-refractivity contribution in [2.45, 2.75) is 43.2 Å². The van der Waals surface area contributed by atoms with Gasteiger partial charge in [0.1, 0.15) is 6.04 Å². The monoisotopic (exact) mass is 370 g/mol. The molecule has 1 aliphatic heterocycles. The summed E-state index contributed by atoms with van der Waals surface area (Å²) in [5, 5.41) is 13.6. The molecule has 0 bridgehead atoms. The minimum Gasteiger partial charge on any atom is -0.355 e. The maximum atomic E-state index is 12.8. The van der Waals surface area contributed by atoms with Gasteiger partial charge in [0.05, 0.1) is 9.82 Å². The first kappa shape index (κ1) is 19.3. The van der Waals surface area contributed by atoms with Gasteiger partial charge in [-0.25, -0.2) is 8.42 Å². The van der Waals surface area contributed by atoms with Crippen LogP contribution in [0.4, 0.5) is 5.69 Å². The Balaban J connectivity index is 2.18. The Bertz CT molecular complexity index is 750. The number of nitrogens with zero attached hydrogens (tertiary/aromatic N) is 2. The molecule has 0 radical (unpaired) electrons. The molecule has 2 unspecified atom stereocenters. The molecule has 0 aliphatic carbocycles. The van der Waals surface area contributed by atoms with Gasteiger partial charge in [0.2, 0.25) is 15.9 Å². The van der Waals surface area contributed by atoms with Crippen LogP contribution < -0.4 is 11.1 Å². The van der Waals surface area contributed by atoms with Crippen molar-refractivity contribution in [3.8, 4) is 0 Å². The number of carbonyl (C=O) groups excluding carboxylic acids is 1. The first-order valence-corrected chi connectivity index (χ1v) is 9.47. The summed E-state index contributed by atoms with van der Waals surface area (Å²) in [6, 6.07) is 3.98. The molecule has 2 rings (SSSR count). The molecule has 2 atom stereocenters. The van der Waals surface area contributed by atoms with Gasteiger partial charge in [0.15, 0.2) is 0 Å². The number of non-ortho nitro benzene ring substituents is 1. The zero-order valence-corrected chi connectivity index (χ0v) is 14.7. The fraction of sp³-hybridized carbons (Fsp3) is 0.533. The highest BCUT2D eigenvalue weighted by atomic mass is 32.2. The average molecular weight is 370 g/mol. The number of carbonyl (C=O) groups is 1. The van der Waals surface area contributed by atoms with Crippen LogP contribution in [-0.4, -0.2) is 48.7 Å². The van der Waals surface area contributed by atoms with Crippen molar-refractivity contribution in [3.63, 3.8) is 0 Å². The summed E-state index contributed by atoms with van der Waals surface area (Å²) >= 11 is 0. The van der Waals surface area contributed by atoms with Gasteiger partial charge in [-0.05, 0) is 32.3 Å². The van der Waals surface area contributed by atoms with Gasteiger partial charge < -0.3 is 11.1 Å². The topological polar surface area (TPSA) is 136 Å². The van der Waals surface area contributed by atoms with Gasteiger partial charge in [-0.15, -0.1) is 0 Å². The van der Waals surface area contributed by atoms with Crippen LogP contribution in [0.3, 0.4) is 0 Å². The quantitative estimate of drug-likeness (QED) is 0.533. The third-order valence-corrected chi connectivity index (χ3v) is 5.94. The summed E-state index contributed by atoms with van der Waals surface area (Å²) in [7, 11) is -3.99. The molecule has 25 heavy (non-hydrogen) atoms. The maximum absolute atomic E-state index is 12.8. The number of amides is 1. The molecule has 1 aromatic rings. The van der Waals surface area contributed by atoms with Gasteiger partial charge in [-0.3, -0.25) is 14.9 Å². The number of nitrogens with two attached hydrogens (primary N) is 1. The number of nitro benzene ring substituents is 1. The minimum absolute atomic E-state index is 0.0615. The lowest BCUT2D eigenvalue weighted by Gasteiger charge is -2.23. The summed E-state index contributed by atoms with van der Waals surface area (Å²) in [5.41, 5.74) is 5.32. The van der Waals surface area contributed by atoms with Crippen LogP contribution in [0.1, 0.15) is 26.2 Å². The van der Waals surface area contributed by atoms with Crippen molar-refractivity contribution in [2.75, 3.05) is 13.1 Å². The zero-order chi connectivity index (χ0) is 18.6. The summed E-state index contributed by atoms with van der Waals surface area (Å²) in [5.74, 6) is -0.368. The van der Waals surface area contributed by atoms with Gasteiger partial charge in [-0.2, -0.15) is 4.31 Å². The molecule has 0 spiro atoms. The predicted octanol–water partition coefficient (Wildman–Crippen LogP) is 0.601. The van der Waals surface area contributed by atoms with Crippen LogP contribution in [-0.2, 0) is 14.8 Å². The van der Waals surface area contributed by atoms with E-state index in [2.05, 4.69) is 5.32 Å². The molecule has 1 saturated heterocycles. The largest absolute Gasteiger partial charge is 0.355 e. The third kappa shape index (κ3) is 4.53. The lowest BCUT2D eigenvalue weighted by atomic mass is 10.2. The summed E-state index contributed by atoms with van der Waals surface area (Å²) in [4.78, 5) is 22.4. The second-order valence-electron chi connectivity index (χ2n) is 6.09. The van der Waals surface area contributed by atoms with Crippen LogP contribution in [0, 0.1) is 10.1 Å². The van der Waals surface area contributed by atoms with Crippen molar-refractivity contribution in [1.82, 2.24) is 9.62 Å². The first-order valence-electron chi connectivity index (χ1n) is 8.03. The summed E-state index contributed by atoms with van der Waals surface area (Å²) < 4.78 is 26.7. The number of nitrogens with one attached hydrogen (secondary N) is 1. The van der Waals surface area contributed by atoms with Crippen molar-refractivity contribution in [3.05, 3.63) is 34.4 Å². The molecular formula is C15H22N4O5S. The molecule has 1 aromatic carbocycles. The highest BCUT2D eigenvalue weighted by Crippen LogP contribution is 2.28. The number of rotatable bonds is 7. The van der Waals surface area contributed by atoms with Crippen LogP contribution in [0.2, 0.25) is 0 Å². The fourth-order valence-corrected chi connectivity index (χ4v) is 4.42. The average Bonchev–Trinajstić information content (AvgIpc) is 3.05. The Labute approximate surface area is 146 Å². The van der Waals surface area contributed by atoms with E-state index < -0.39 is 21.0 Å². The predicted molar refractivity (Wildman–Crippen MR) is 91.3 cm³/mol. The molecule has 0 saturated carbocycles. The lowest BCUT2D eigenvalue weighted by Crippen LogP contribution is -2.46. The first-order chi connectivity index (χ1) is 11.7. The Morgan fingerprint density at radius 3 is 2.88 bits per heavy atom. The minimum atomic E-state index is -3.99. The zero-order valence-electron chi connectivity index (χ0n) is 13.9. The second-order valence-corrected chi connectivity index (χ2v) is 7.98. The highest BCUT2D eigenvalue weighted by Gasteiger charge is 2.39. The number of hydrogen-bond donors (Lipinski definition) is 2. The van der Waals surface area contributed by atoms with E-state index in [0.29, 0.717) is 25.8 Å². The Morgan fingerprint density at radius 1 is 1.52 bits per heavy atom. The molecule has 9 nitrogen and oxygen atoms in total. The van der Waals surface area contributed by atoms with Crippen molar-refractivity contribution < 1.29 is 18.1 Å². The molecule has 3 N–H and O–H groups in total. The van der Waals surface area contributed by atoms with Crippen molar-refractivity contribution in [2.24, 2.45) is 5.73 Å². The van der Waals surface area contributed by atoms with Gasteiger partial charge >= 0.3 is 0 Å². The van der Waals surface area contributed by atoms with Crippen LogP contribution in [0.25, 0.3) is 0 Å². The summed E-state index contributed by atoms with van der Waals surface area (Å²) in [6.07, 6.45) is 1.56. The Kier molecular flexibility index (Phi) is 6.09. The van der Waals surface area contributed by atoms with Crippen molar-refractivity contribution >= 4 is 21.6 Å². The highest BCUT2D eigenvalue weighted by molar-refractivity contribution is 7.89. The molecule has 1 aliphatic rings. The fourth-order valence-electron chi connectivity index (χ4n) is 2.72. The van der Waals surface area contributed by atoms with Crippen LogP contribution in [0.15, 0.2) is 29.2 Å². The van der Waals surface area contributed by atoms with E-state index in [9.17, 15) is 23.3 Å². The number of nitro groups is 1. The maximum Gasteiger partial charge on any atom is 0.270 e. The summed E-state index contributed by atoms with van der Waals surface area (Å²) in [6.45, 7) is 2.40. The van der Waals surface area contributed by atoms with Gasteiger partial charge in [-0.1, -0.05) is 6.07 Å². The van der Waals surface area contributed by atoms with E-state index in [1.807, 2.05) is 6.92 Å². The van der Waals surface area contributed by atoms with E-state index in [1.54, 1.807) is 0 Å². The normalized spacial score (nSPS) is 19.5. The number of sulfonamides is 1. The van der Waals surface area contributed by atoms with E-state index in [1.165, 1.54) is 18.2 Å². The van der Waals surface area contributed by atoms with E-state index in [0.717, 1.165) is 10.4 Å². The molecule has 1 amide bonds. The SMILES string of the molecule is CC(N)CCNC(=O)C1CCCN1S(=O)(=O)c1cccc([N+](=O)[O-])c1. The Hall–Kier alpha value is -2.04. The molecule has 1 fully saturated rings.